The fraction of sp³-hybridized carbons (Fsp3) is 0.273. The van der Waals surface area contributed by atoms with E-state index >= 15 is 0 Å². The van der Waals surface area contributed by atoms with E-state index in [-0.39, 0.29) is 37.1 Å². The van der Waals surface area contributed by atoms with Gasteiger partial charge in [0.1, 0.15) is 5.76 Å². The van der Waals surface area contributed by atoms with Gasteiger partial charge in [-0.15, -0.1) is 23.3 Å². The van der Waals surface area contributed by atoms with Crippen molar-refractivity contribution in [3.05, 3.63) is 90.2 Å². The zero-order valence-electron chi connectivity index (χ0n) is 23.0. The molecule has 5 heteroatoms. The molecule has 0 aliphatic rings. The molecule has 3 aromatic carbocycles. The molecule has 5 rings (SSSR count). The average Bonchev–Trinajstić information content (AvgIpc) is 3.21. The Balaban J connectivity index is 0.000000248. The van der Waals surface area contributed by atoms with Crippen LogP contribution in [0.2, 0.25) is 0 Å². The summed E-state index contributed by atoms with van der Waals surface area (Å²) in [6.07, 6.45) is 1.33. The number of hydrogen-bond acceptors (Lipinski definition) is 4. The SMILES string of the molecule is CC(C)(C)C(=O)/C=C(\O)C(C)(C)C.Cc1[c-]c(-c2ccc3ccccc3n2)c2sc3ccccc3c2c1.[Ir]. The second-order valence-corrected chi connectivity index (χ2v) is 12.5. The number of thiophene rings is 1. The zero-order chi connectivity index (χ0) is 27.0. The Morgan fingerprint density at radius 2 is 1.55 bits per heavy atom. The Morgan fingerprint density at radius 3 is 2.24 bits per heavy atom. The van der Waals surface area contributed by atoms with Crippen molar-refractivity contribution in [2.24, 2.45) is 10.8 Å². The maximum absolute atomic E-state index is 11.5. The molecule has 0 fully saturated rings. The molecule has 0 saturated heterocycles. The predicted octanol–water partition coefficient (Wildman–Crippen LogP) is 9.47. The summed E-state index contributed by atoms with van der Waals surface area (Å²) >= 11 is 1.83. The van der Waals surface area contributed by atoms with Gasteiger partial charge < -0.3 is 5.11 Å². The number of nitrogens with zero attached hydrogens (tertiary/aromatic N) is 1. The van der Waals surface area contributed by atoms with Crippen molar-refractivity contribution in [3.8, 4) is 11.3 Å². The number of allylic oxidation sites excluding steroid dienone is 2. The predicted molar refractivity (Wildman–Crippen MR) is 158 cm³/mol. The van der Waals surface area contributed by atoms with Crippen molar-refractivity contribution >= 4 is 48.2 Å². The molecule has 5 aromatic rings. The quantitative estimate of drug-likeness (QED) is 0.113. The van der Waals surface area contributed by atoms with E-state index in [1.807, 2.05) is 65.0 Å². The van der Waals surface area contributed by atoms with Crippen molar-refractivity contribution in [1.29, 1.82) is 0 Å². The van der Waals surface area contributed by atoms with Crippen molar-refractivity contribution in [2.45, 2.75) is 48.5 Å². The number of para-hydroxylation sites is 1. The van der Waals surface area contributed by atoms with Crippen molar-refractivity contribution in [2.75, 3.05) is 0 Å². The molecule has 2 aromatic heterocycles. The van der Waals surface area contributed by atoms with Gasteiger partial charge in [-0.05, 0) is 33.3 Å². The first-order chi connectivity index (χ1) is 17.3. The first-order valence-electron chi connectivity index (χ1n) is 12.5. The van der Waals surface area contributed by atoms with Gasteiger partial charge in [0.15, 0.2) is 5.78 Å². The number of pyridine rings is 1. The van der Waals surface area contributed by atoms with Gasteiger partial charge in [0.2, 0.25) is 0 Å². The molecule has 1 N–H and O–H groups in total. The molecule has 0 amide bonds. The fourth-order valence-electron chi connectivity index (χ4n) is 3.84. The summed E-state index contributed by atoms with van der Waals surface area (Å²) in [5.41, 5.74) is 3.52. The minimum absolute atomic E-state index is 0. The van der Waals surface area contributed by atoms with E-state index in [1.165, 1.54) is 31.6 Å². The third-order valence-corrected chi connectivity index (χ3v) is 7.38. The number of aliphatic hydroxyl groups excluding tert-OH is 1. The molecule has 199 valence electrons. The van der Waals surface area contributed by atoms with Crippen LogP contribution in [0.4, 0.5) is 0 Å². The van der Waals surface area contributed by atoms with Gasteiger partial charge in [-0.1, -0.05) is 102 Å². The van der Waals surface area contributed by atoms with Gasteiger partial charge in [0, 0.05) is 41.7 Å². The van der Waals surface area contributed by atoms with E-state index in [9.17, 15) is 9.90 Å². The summed E-state index contributed by atoms with van der Waals surface area (Å²) in [6.45, 7) is 13.2. The van der Waals surface area contributed by atoms with Crippen LogP contribution >= 0.6 is 11.3 Å². The van der Waals surface area contributed by atoms with E-state index in [2.05, 4.69) is 67.6 Å². The standard InChI is InChI=1S/C22H14NS.C11H20O2.Ir/c1-14-12-17-16-7-3-5-9-21(16)24-22(17)18(13-14)20-11-10-15-6-2-4-8-19(15)23-20;1-10(2,3)8(12)7-9(13)11(4,5)6;/h2-12H,1H3;7,12H,1-6H3;/q-1;;/b;8-7-;. The number of fused-ring (bicyclic) bond motifs is 4. The average molecular weight is 701 g/mol. The van der Waals surface area contributed by atoms with Crippen LogP contribution in [0.3, 0.4) is 0 Å². The topological polar surface area (TPSA) is 50.2 Å². The molecule has 3 nitrogen and oxygen atoms in total. The van der Waals surface area contributed by atoms with Gasteiger partial charge in [-0.3, -0.25) is 9.78 Å². The summed E-state index contributed by atoms with van der Waals surface area (Å²) in [7, 11) is 0. The van der Waals surface area contributed by atoms with E-state index < -0.39 is 5.41 Å². The first kappa shape index (κ1) is 29.7. The summed E-state index contributed by atoms with van der Waals surface area (Å²) in [4.78, 5) is 16.4. The Kier molecular flexibility index (Phi) is 8.98. The molecule has 2 heterocycles. The molecule has 0 unspecified atom stereocenters. The van der Waals surface area contributed by atoms with Crippen LogP contribution in [0.5, 0.6) is 0 Å². The maximum Gasteiger partial charge on any atom is 0.164 e. The number of ketones is 1. The van der Waals surface area contributed by atoms with Gasteiger partial charge in [-0.25, -0.2) is 0 Å². The van der Waals surface area contributed by atoms with Crippen LogP contribution < -0.4 is 0 Å². The van der Waals surface area contributed by atoms with Crippen LogP contribution in [-0.2, 0) is 24.9 Å². The maximum atomic E-state index is 11.5. The minimum atomic E-state index is -0.417. The van der Waals surface area contributed by atoms with E-state index in [1.54, 1.807) is 0 Å². The molecule has 38 heavy (non-hydrogen) atoms. The smallest absolute Gasteiger partial charge is 0.164 e. The second-order valence-electron chi connectivity index (χ2n) is 11.5. The molecule has 0 atom stereocenters. The number of aryl methyl sites for hydroxylation is 1. The Morgan fingerprint density at radius 1 is 0.895 bits per heavy atom. The van der Waals surface area contributed by atoms with Crippen LogP contribution in [0.25, 0.3) is 42.3 Å². The third kappa shape index (κ3) is 6.58. The van der Waals surface area contributed by atoms with Crippen molar-refractivity contribution in [1.82, 2.24) is 4.98 Å². The first-order valence-corrected chi connectivity index (χ1v) is 13.3. The Labute approximate surface area is 243 Å². The fourth-order valence-corrected chi connectivity index (χ4v) is 5.03. The molecule has 0 aliphatic heterocycles. The summed E-state index contributed by atoms with van der Waals surface area (Å²) in [5.74, 6) is 0.104. The number of benzene rings is 3. The second kappa shape index (κ2) is 11.5. The summed E-state index contributed by atoms with van der Waals surface area (Å²) < 4.78 is 2.58. The number of hydrogen-bond donors (Lipinski definition) is 1. The molecule has 0 spiro atoms. The minimum Gasteiger partial charge on any atom is -0.512 e. The van der Waals surface area contributed by atoms with E-state index in [0.717, 1.165) is 22.3 Å². The van der Waals surface area contributed by atoms with Gasteiger partial charge in [0.25, 0.3) is 0 Å². The molecule has 1 radical (unpaired) electrons. The Bertz CT molecular complexity index is 1630. The van der Waals surface area contributed by atoms with Gasteiger partial charge in [0.05, 0.1) is 5.52 Å². The summed E-state index contributed by atoms with van der Waals surface area (Å²) in [6, 6.07) is 26.9. The Hall–Kier alpha value is -2.85. The molecule has 0 saturated carbocycles. The number of aromatic nitrogens is 1. The largest absolute Gasteiger partial charge is 0.512 e. The number of rotatable bonds is 2. The number of carbonyl (C=O) groups excluding carboxylic acids is 1. The van der Waals surface area contributed by atoms with Crippen LogP contribution in [-0.4, -0.2) is 15.9 Å². The summed E-state index contributed by atoms with van der Waals surface area (Å²) in [5, 5.41) is 13.3. The van der Waals surface area contributed by atoms with Crippen LogP contribution in [0, 0.1) is 23.8 Å². The molecular weight excluding hydrogens is 667 g/mol. The van der Waals surface area contributed by atoms with Crippen LogP contribution in [0.15, 0.2) is 78.6 Å². The number of carbonyl (C=O) groups is 1. The van der Waals surface area contributed by atoms with Crippen molar-refractivity contribution in [3.63, 3.8) is 0 Å². The zero-order valence-corrected chi connectivity index (χ0v) is 26.2. The monoisotopic (exact) mass is 701 g/mol. The third-order valence-electron chi connectivity index (χ3n) is 6.17. The molecular formula is C33H34IrNO2S-. The van der Waals surface area contributed by atoms with Crippen molar-refractivity contribution < 1.29 is 30.0 Å². The van der Waals surface area contributed by atoms with Gasteiger partial charge in [-0.2, -0.15) is 11.3 Å². The molecule has 0 bridgehead atoms. The normalized spacial score (nSPS) is 12.2. The van der Waals surface area contributed by atoms with E-state index in [0.29, 0.717) is 0 Å². The number of aliphatic hydroxyl groups is 1. The molecule has 0 aliphatic carbocycles. The van der Waals surface area contributed by atoms with Crippen LogP contribution in [0.1, 0.15) is 47.1 Å². The van der Waals surface area contributed by atoms with Gasteiger partial charge >= 0.3 is 0 Å². The van der Waals surface area contributed by atoms with E-state index in [4.69, 9.17) is 4.98 Å².